The zero-order chi connectivity index (χ0) is 28.8. The van der Waals surface area contributed by atoms with Crippen molar-refractivity contribution in [2.75, 3.05) is 31.3 Å². The fourth-order valence-corrected chi connectivity index (χ4v) is 4.57. The number of pyridine rings is 2. The topological polar surface area (TPSA) is 103 Å². The van der Waals surface area contributed by atoms with E-state index in [-0.39, 0.29) is 12.5 Å². The molecule has 0 aliphatic rings. The number of halogens is 2. The summed E-state index contributed by atoms with van der Waals surface area (Å²) < 4.78 is 5.90. The molecular weight excluding hydrogens is 547 g/mol. The molecule has 0 saturated carbocycles. The molecular formula is C30H30Cl2N6O2. The lowest BCUT2D eigenvalue weighted by Gasteiger charge is -2.17. The number of aryl methyl sites for hydroxylation is 2. The Hall–Kier alpha value is -3.90. The molecule has 0 atom stereocenters. The number of hydrogen-bond acceptors (Lipinski definition) is 7. The lowest BCUT2D eigenvalue weighted by Crippen LogP contribution is -2.17. The van der Waals surface area contributed by atoms with E-state index in [2.05, 4.69) is 26.7 Å². The van der Waals surface area contributed by atoms with Crippen LogP contribution >= 0.6 is 23.2 Å². The summed E-state index contributed by atoms with van der Waals surface area (Å²) in [4.78, 5) is 23.4. The van der Waals surface area contributed by atoms with E-state index in [1.807, 2.05) is 57.1 Å². The van der Waals surface area contributed by atoms with E-state index in [0.29, 0.717) is 55.7 Å². The molecule has 0 saturated heterocycles. The molecule has 0 spiro atoms. The average Bonchev–Trinajstić information content (AvgIpc) is 2.91. The Labute approximate surface area is 243 Å². The highest BCUT2D eigenvalue weighted by Crippen LogP contribution is 2.39. The lowest BCUT2D eigenvalue weighted by molar-refractivity contribution is -0.116. The Balaban J connectivity index is 1.62. The summed E-state index contributed by atoms with van der Waals surface area (Å²) in [5, 5.41) is 17.5. The monoisotopic (exact) mass is 576 g/mol. The van der Waals surface area contributed by atoms with Gasteiger partial charge >= 0.3 is 0 Å². The molecule has 0 bridgehead atoms. The second-order valence-electron chi connectivity index (χ2n) is 9.74. The van der Waals surface area contributed by atoms with Gasteiger partial charge in [0.1, 0.15) is 18.4 Å². The van der Waals surface area contributed by atoms with Crippen LogP contribution in [-0.2, 0) is 11.4 Å². The summed E-state index contributed by atoms with van der Waals surface area (Å²) >= 11 is 13.2. The molecule has 0 aliphatic heterocycles. The van der Waals surface area contributed by atoms with E-state index in [1.165, 1.54) is 6.20 Å². The number of ether oxygens (including phenoxy) is 1. The van der Waals surface area contributed by atoms with Crippen molar-refractivity contribution in [3.63, 3.8) is 0 Å². The highest BCUT2D eigenvalue weighted by atomic mass is 35.5. The van der Waals surface area contributed by atoms with E-state index >= 15 is 0 Å². The Morgan fingerprint density at radius 1 is 1.07 bits per heavy atom. The first-order chi connectivity index (χ1) is 19.2. The molecule has 4 aromatic rings. The van der Waals surface area contributed by atoms with Crippen molar-refractivity contribution in [2.24, 2.45) is 0 Å². The highest BCUT2D eigenvalue weighted by molar-refractivity contribution is 6.36. The van der Waals surface area contributed by atoms with Gasteiger partial charge in [-0.1, -0.05) is 29.3 Å². The van der Waals surface area contributed by atoms with Gasteiger partial charge in [0.05, 0.1) is 38.2 Å². The maximum absolute atomic E-state index is 12.6. The zero-order valence-corrected chi connectivity index (χ0v) is 24.3. The Morgan fingerprint density at radius 2 is 1.88 bits per heavy atom. The van der Waals surface area contributed by atoms with Crippen molar-refractivity contribution < 1.29 is 9.53 Å². The summed E-state index contributed by atoms with van der Waals surface area (Å²) in [5.74, 6) is 0.340. The third-order valence-electron chi connectivity index (χ3n) is 6.38. The molecule has 0 fully saturated rings. The first-order valence-electron chi connectivity index (χ1n) is 12.7. The molecule has 40 heavy (non-hydrogen) atoms. The van der Waals surface area contributed by atoms with Gasteiger partial charge in [-0.15, -0.1) is 0 Å². The van der Waals surface area contributed by atoms with Crippen molar-refractivity contribution in [2.45, 2.75) is 33.3 Å². The van der Waals surface area contributed by atoms with Crippen LogP contribution in [0, 0.1) is 25.2 Å². The van der Waals surface area contributed by atoms with Crippen LogP contribution in [0.3, 0.4) is 0 Å². The number of fused-ring (bicyclic) bond motifs is 1. The molecule has 206 valence electrons. The lowest BCUT2D eigenvalue weighted by atomic mass is 10.0. The van der Waals surface area contributed by atoms with Crippen LogP contribution in [0.5, 0.6) is 5.75 Å². The third-order valence-corrected chi connectivity index (χ3v) is 6.99. The van der Waals surface area contributed by atoms with Crippen LogP contribution in [0.15, 0.2) is 48.8 Å². The second-order valence-corrected chi connectivity index (χ2v) is 10.6. The SMILES string of the molecule is Cc1cc2ncc(C#N)c(Nc3cc(Cl)c(OCc4ncccc4C)cc3Cl)c2cc1NC(=O)CCCN(C)C. The van der Waals surface area contributed by atoms with Gasteiger partial charge in [-0.25, -0.2) is 0 Å². The minimum atomic E-state index is -0.0745. The number of carbonyl (C=O) groups excluding carboxylic acids is 1. The number of carbonyl (C=O) groups is 1. The first-order valence-corrected chi connectivity index (χ1v) is 13.5. The minimum Gasteiger partial charge on any atom is -0.486 e. The highest BCUT2D eigenvalue weighted by Gasteiger charge is 2.16. The molecule has 0 unspecified atom stereocenters. The van der Waals surface area contributed by atoms with E-state index in [4.69, 9.17) is 27.9 Å². The molecule has 2 heterocycles. The number of aromatic nitrogens is 2. The summed E-state index contributed by atoms with van der Waals surface area (Å²) in [5.41, 5.74) is 5.31. The number of nitrogens with one attached hydrogen (secondary N) is 2. The predicted octanol–water partition coefficient (Wildman–Crippen LogP) is 7.03. The maximum Gasteiger partial charge on any atom is 0.224 e. The van der Waals surface area contributed by atoms with Crippen molar-refractivity contribution >= 4 is 57.1 Å². The number of anilines is 3. The molecule has 8 nitrogen and oxygen atoms in total. The van der Waals surface area contributed by atoms with Gasteiger partial charge < -0.3 is 20.3 Å². The van der Waals surface area contributed by atoms with Crippen LogP contribution in [0.4, 0.5) is 17.1 Å². The number of amides is 1. The van der Waals surface area contributed by atoms with Crippen LogP contribution in [-0.4, -0.2) is 41.4 Å². The number of nitriles is 1. The fraction of sp³-hybridized carbons (Fsp3) is 0.267. The van der Waals surface area contributed by atoms with Crippen LogP contribution in [0.1, 0.15) is 35.2 Å². The van der Waals surface area contributed by atoms with Crippen molar-refractivity contribution in [1.29, 1.82) is 5.26 Å². The van der Waals surface area contributed by atoms with Gasteiger partial charge in [0.25, 0.3) is 0 Å². The largest absolute Gasteiger partial charge is 0.486 e. The first kappa shape index (κ1) is 29.1. The van der Waals surface area contributed by atoms with Crippen LogP contribution < -0.4 is 15.4 Å². The second kappa shape index (κ2) is 13.0. The van der Waals surface area contributed by atoms with Gasteiger partial charge in [0, 0.05) is 36.0 Å². The molecule has 10 heteroatoms. The van der Waals surface area contributed by atoms with E-state index in [1.54, 1.807) is 18.3 Å². The van der Waals surface area contributed by atoms with Gasteiger partial charge in [-0.3, -0.25) is 14.8 Å². The molecule has 0 aliphatic carbocycles. The predicted molar refractivity (Wildman–Crippen MR) is 161 cm³/mol. The summed E-state index contributed by atoms with van der Waals surface area (Å²) in [6, 6.07) is 13.0. The molecule has 4 rings (SSSR count). The quantitative estimate of drug-likeness (QED) is 0.209. The number of rotatable bonds is 10. The molecule has 2 N–H and O–H groups in total. The van der Waals surface area contributed by atoms with E-state index < -0.39 is 0 Å². The molecule has 2 aromatic heterocycles. The molecule has 0 radical (unpaired) electrons. The van der Waals surface area contributed by atoms with E-state index in [0.717, 1.165) is 29.8 Å². The van der Waals surface area contributed by atoms with E-state index in [9.17, 15) is 10.1 Å². The number of nitrogens with zero attached hydrogens (tertiary/aromatic N) is 4. The average molecular weight is 578 g/mol. The van der Waals surface area contributed by atoms with Gasteiger partial charge in [-0.05, 0) is 76.3 Å². The number of hydrogen-bond donors (Lipinski definition) is 2. The molecule has 1 amide bonds. The van der Waals surface area contributed by atoms with Crippen molar-refractivity contribution in [1.82, 2.24) is 14.9 Å². The van der Waals surface area contributed by atoms with Gasteiger partial charge in [0.2, 0.25) is 5.91 Å². The fourth-order valence-electron chi connectivity index (χ4n) is 4.15. The van der Waals surface area contributed by atoms with Crippen LogP contribution in [0.2, 0.25) is 10.0 Å². The summed E-state index contributed by atoms with van der Waals surface area (Å²) in [6.45, 7) is 4.93. The smallest absolute Gasteiger partial charge is 0.224 e. The maximum atomic E-state index is 12.6. The Bertz CT molecular complexity index is 1600. The Morgan fingerprint density at radius 3 is 2.60 bits per heavy atom. The minimum absolute atomic E-state index is 0.0745. The third kappa shape index (κ3) is 6.99. The van der Waals surface area contributed by atoms with Crippen LogP contribution in [0.25, 0.3) is 10.9 Å². The van der Waals surface area contributed by atoms with Crippen molar-refractivity contribution in [3.8, 4) is 11.8 Å². The number of benzene rings is 2. The zero-order valence-electron chi connectivity index (χ0n) is 22.8. The van der Waals surface area contributed by atoms with Gasteiger partial charge in [-0.2, -0.15) is 5.26 Å². The summed E-state index contributed by atoms with van der Waals surface area (Å²) in [6.07, 6.45) is 4.37. The molecule has 2 aromatic carbocycles. The Kier molecular flexibility index (Phi) is 9.43. The van der Waals surface area contributed by atoms with Gasteiger partial charge in [0.15, 0.2) is 0 Å². The standard InChI is InChI=1S/C30H30Cl2N6O2/c1-18-7-5-9-34-27(18)17-40-28-14-22(31)26(13-23(28)32)37-30-20(15-33)16-35-25-11-19(2)24(12-21(25)30)36-29(39)8-6-10-38(3)4/h5,7,9,11-14,16H,6,8,10,17H2,1-4H3,(H,35,37)(H,36,39). The van der Waals surface area contributed by atoms with Crippen molar-refractivity contribution in [3.05, 3.63) is 81.2 Å². The summed E-state index contributed by atoms with van der Waals surface area (Å²) in [7, 11) is 3.95. The normalized spacial score (nSPS) is 10.9.